The van der Waals surface area contributed by atoms with Gasteiger partial charge in [0.25, 0.3) is 0 Å². The van der Waals surface area contributed by atoms with Gasteiger partial charge in [0.2, 0.25) is 0 Å². The number of aliphatic hydroxyl groups is 1. The SMILES string of the molecule is CCC(O)CNc1ccc(Br)cc1OC(F)(F)F. The maximum atomic E-state index is 12.2. The topological polar surface area (TPSA) is 41.5 Å². The number of rotatable bonds is 5. The molecule has 0 radical (unpaired) electrons. The molecule has 3 nitrogen and oxygen atoms in total. The second kappa shape index (κ2) is 6.29. The number of hydrogen-bond donors (Lipinski definition) is 2. The number of nitrogens with one attached hydrogen (secondary N) is 1. The highest BCUT2D eigenvalue weighted by Crippen LogP contribution is 2.32. The molecule has 0 aromatic heterocycles. The van der Waals surface area contributed by atoms with E-state index in [0.29, 0.717) is 10.9 Å². The summed E-state index contributed by atoms with van der Waals surface area (Å²) in [4.78, 5) is 0. The number of halogens is 4. The van der Waals surface area contributed by atoms with Gasteiger partial charge in [-0.3, -0.25) is 0 Å². The minimum Gasteiger partial charge on any atom is -0.404 e. The molecule has 0 saturated carbocycles. The lowest BCUT2D eigenvalue weighted by Gasteiger charge is -2.16. The van der Waals surface area contributed by atoms with E-state index in [2.05, 4.69) is 26.0 Å². The molecule has 7 heteroatoms. The standard InChI is InChI=1S/C11H13BrF3NO2/c1-2-8(17)6-16-9-4-3-7(12)5-10(9)18-11(13,14)15/h3-5,8,16-17H,2,6H2,1H3. The predicted molar refractivity (Wildman–Crippen MR) is 65.6 cm³/mol. The quantitative estimate of drug-likeness (QED) is 0.869. The van der Waals surface area contributed by atoms with Crippen molar-refractivity contribution in [2.45, 2.75) is 25.8 Å². The van der Waals surface area contributed by atoms with E-state index in [9.17, 15) is 18.3 Å². The number of anilines is 1. The molecule has 1 aromatic carbocycles. The molecule has 0 spiro atoms. The first-order chi connectivity index (χ1) is 8.31. The van der Waals surface area contributed by atoms with Crippen LogP contribution in [0.15, 0.2) is 22.7 Å². The first-order valence-corrected chi connectivity index (χ1v) is 6.08. The maximum Gasteiger partial charge on any atom is 0.573 e. The highest BCUT2D eigenvalue weighted by atomic mass is 79.9. The van der Waals surface area contributed by atoms with E-state index in [1.54, 1.807) is 13.0 Å². The molecule has 1 rings (SSSR count). The van der Waals surface area contributed by atoms with Crippen molar-refractivity contribution in [2.24, 2.45) is 0 Å². The van der Waals surface area contributed by atoms with Gasteiger partial charge in [0.15, 0.2) is 5.75 Å². The zero-order valence-electron chi connectivity index (χ0n) is 9.59. The minimum atomic E-state index is -4.75. The Labute approximate surface area is 111 Å². The number of ether oxygens (including phenoxy) is 1. The fraction of sp³-hybridized carbons (Fsp3) is 0.455. The van der Waals surface area contributed by atoms with Crippen LogP contribution in [0.5, 0.6) is 5.75 Å². The summed E-state index contributed by atoms with van der Waals surface area (Å²) in [6.07, 6.45) is -4.85. The first-order valence-electron chi connectivity index (χ1n) is 5.29. The summed E-state index contributed by atoms with van der Waals surface area (Å²) in [5.41, 5.74) is 0.183. The van der Waals surface area contributed by atoms with E-state index in [-0.39, 0.29) is 18.0 Å². The van der Waals surface area contributed by atoms with Crippen LogP contribution in [0.4, 0.5) is 18.9 Å². The van der Waals surface area contributed by atoms with Gasteiger partial charge in [-0.05, 0) is 24.6 Å². The highest BCUT2D eigenvalue weighted by Gasteiger charge is 2.32. The molecule has 0 aliphatic rings. The summed E-state index contributed by atoms with van der Waals surface area (Å²) in [5, 5.41) is 12.1. The molecule has 0 saturated heterocycles. The maximum absolute atomic E-state index is 12.2. The van der Waals surface area contributed by atoms with Gasteiger partial charge in [0.05, 0.1) is 11.8 Å². The van der Waals surface area contributed by atoms with Crippen LogP contribution in [0.25, 0.3) is 0 Å². The van der Waals surface area contributed by atoms with Crippen LogP contribution in [0, 0.1) is 0 Å². The lowest BCUT2D eigenvalue weighted by atomic mass is 10.2. The van der Waals surface area contributed by atoms with Crippen molar-refractivity contribution in [2.75, 3.05) is 11.9 Å². The normalized spacial score (nSPS) is 13.2. The molecule has 0 aliphatic heterocycles. The lowest BCUT2D eigenvalue weighted by molar-refractivity contribution is -0.274. The molecule has 102 valence electrons. The van der Waals surface area contributed by atoms with Crippen LogP contribution in [0.3, 0.4) is 0 Å². The molecule has 1 atom stereocenters. The molecule has 2 N–H and O–H groups in total. The van der Waals surface area contributed by atoms with Gasteiger partial charge in [-0.25, -0.2) is 0 Å². The van der Waals surface area contributed by atoms with Crippen LogP contribution in [-0.2, 0) is 0 Å². The van der Waals surface area contributed by atoms with Crippen LogP contribution < -0.4 is 10.1 Å². The Hall–Kier alpha value is -0.950. The first kappa shape index (κ1) is 15.1. The molecule has 0 amide bonds. The Morgan fingerprint density at radius 1 is 1.44 bits per heavy atom. The van der Waals surface area contributed by atoms with E-state index in [0.717, 1.165) is 0 Å². The van der Waals surface area contributed by atoms with E-state index in [4.69, 9.17) is 0 Å². The number of alkyl halides is 3. The average Bonchev–Trinajstić information content (AvgIpc) is 2.25. The lowest BCUT2D eigenvalue weighted by Crippen LogP contribution is -2.21. The number of hydrogen-bond acceptors (Lipinski definition) is 3. The molecule has 0 fully saturated rings. The predicted octanol–water partition coefficient (Wildman–Crippen LogP) is 3.53. The fourth-order valence-electron chi connectivity index (χ4n) is 1.22. The average molecular weight is 328 g/mol. The second-order valence-electron chi connectivity index (χ2n) is 3.63. The Balaban J connectivity index is 2.83. The third-order valence-electron chi connectivity index (χ3n) is 2.17. The van der Waals surface area contributed by atoms with Gasteiger partial charge in [-0.2, -0.15) is 0 Å². The largest absolute Gasteiger partial charge is 0.573 e. The number of aliphatic hydroxyl groups excluding tert-OH is 1. The summed E-state index contributed by atoms with van der Waals surface area (Å²) >= 11 is 3.07. The molecular weight excluding hydrogens is 315 g/mol. The highest BCUT2D eigenvalue weighted by molar-refractivity contribution is 9.10. The van der Waals surface area contributed by atoms with Crippen LogP contribution in [0.2, 0.25) is 0 Å². The van der Waals surface area contributed by atoms with Gasteiger partial charge in [0, 0.05) is 11.0 Å². The molecule has 0 heterocycles. The third kappa shape index (κ3) is 5.14. The third-order valence-corrected chi connectivity index (χ3v) is 2.66. The minimum absolute atomic E-state index is 0.159. The van der Waals surface area contributed by atoms with Crippen molar-refractivity contribution < 1.29 is 23.0 Å². The van der Waals surface area contributed by atoms with Gasteiger partial charge in [-0.15, -0.1) is 13.2 Å². The summed E-state index contributed by atoms with van der Waals surface area (Å²) in [5.74, 6) is -0.333. The van der Waals surface area contributed by atoms with Gasteiger partial charge in [-0.1, -0.05) is 22.9 Å². The zero-order chi connectivity index (χ0) is 13.8. The van der Waals surface area contributed by atoms with Crippen LogP contribution >= 0.6 is 15.9 Å². The van der Waals surface area contributed by atoms with E-state index in [1.165, 1.54) is 12.1 Å². The molecular formula is C11H13BrF3NO2. The van der Waals surface area contributed by atoms with E-state index < -0.39 is 12.5 Å². The zero-order valence-corrected chi connectivity index (χ0v) is 11.2. The van der Waals surface area contributed by atoms with Crippen molar-refractivity contribution in [3.63, 3.8) is 0 Å². The second-order valence-corrected chi connectivity index (χ2v) is 4.55. The summed E-state index contributed by atoms with van der Waals surface area (Å²) in [7, 11) is 0. The number of benzene rings is 1. The molecule has 1 aromatic rings. The smallest absolute Gasteiger partial charge is 0.404 e. The van der Waals surface area contributed by atoms with Crippen molar-refractivity contribution in [3.8, 4) is 5.75 Å². The Morgan fingerprint density at radius 2 is 2.11 bits per heavy atom. The van der Waals surface area contributed by atoms with Crippen LogP contribution in [-0.4, -0.2) is 24.1 Å². The Kier molecular flexibility index (Phi) is 5.28. The Morgan fingerprint density at radius 3 is 2.67 bits per heavy atom. The van der Waals surface area contributed by atoms with E-state index in [1.807, 2.05) is 0 Å². The molecule has 0 aliphatic carbocycles. The monoisotopic (exact) mass is 327 g/mol. The Bertz CT molecular complexity index is 398. The summed E-state index contributed by atoms with van der Waals surface area (Å²) in [6, 6.07) is 4.26. The molecule has 0 bridgehead atoms. The fourth-order valence-corrected chi connectivity index (χ4v) is 1.56. The van der Waals surface area contributed by atoms with Crippen LogP contribution in [0.1, 0.15) is 13.3 Å². The van der Waals surface area contributed by atoms with Crippen molar-refractivity contribution in [1.29, 1.82) is 0 Å². The van der Waals surface area contributed by atoms with Crippen molar-refractivity contribution >= 4 is 21.6 Å². The molecule has 1 unspecified atom stereocenters. The van der Waals surface area contributed by atoms with Crippen molar-refractivity contribution in [1.82, 2.24) is 0 Å². The van der Waals surface area contributed by atoms with Gasteiger partial charge >= 0.3 is 6.36 Å². The molecule has 18 heavy (non-hydrogen) atoms. The van der Waals surface area contributed by atoms with E-state index >= 15 is 0 Å². The van der Waals surface area contributed by atoms with Gasteiger partial charge < -0.3 is 15.2 Å². The summed E-state index contributed by atoms with van der Waals surface area (Å²) < 4.78 is 41.0. The van der Waals surface area contributed by atoms with Gasteiger partial charge in [0.1, 0.15) is 0 Å². The van der Waals surface area contributed by atoms with Crippen molar-refractivity contribution in [3.05, 3.63) is 22.7 Å². The summed E-state index contributed by atoms with van der Waals surface area (Å²) in [6.45, 7) is 1.94.